The molecule has 39 heavy (non-hydrogen) atoms. The van der Waals surface area contributed by atoms with Gasteiger partial charge in [0.1, 0.15) is 0 Å². The molecule has 0 radical (unpaired) electrons. The van der Waals surface area contributed by atoms with Crippen molar-refractivity contribution in [3.63, 3.8) is 0 Å². The Bertz CT molecular complexity index is 1620. The number of rotatable bonds is 8. The molecule has 0 spiro atoms. The molecule has 0 aliphatic heterocycles. The normalized spacial score (nSPS) is 11.6. The third-order valence-electron chi connectivity index (χ3n) is 6.56. The maximum atomic E-state index is 12.7. The van der Waals surface area contributed by atoms with Gasteiger partial charge in [-0.2, -0.15) is 5.10 Å². The van der Waals surface area contributed by atoms with E-state index in [9.17, 15) is 13.2 Å². The number of benzene rings is 3. The Morgan fingerprint density at radius 2 is 1.59 bits per heavy atom. The molecule has 0 saturated carbocycles. The van der Waals surface area contributed by atoms with E-state index in [1.165, 1.54) is 15.4 Å². The van der Waals surface area contributed by atoms with E-state index in [0.717, 1.165) is 34.5 Å². The number of carbonyl (C=O) groups excluding carboxylic acids is 1. The van der Waals surface area contributed by atoms with Crippen LogP contribution in [0.5, 0.6) is 0 Å². The minimum atomic E-state index is -3.56. The van der Waals surface area contributed by atoms with Crippen LogP contribution in [0.15, 0.2) is 77.9 Å². The zero-order valence-electron chi connectivity index (χ0n) is 22.6. The Morgan fingerprint density at radius 1 is 0.974 bits per heavy atom. The van der Waals surface area contributed by atoms with Gasteiger partial charge in [0.2, 0.25) is 10.0 Å². The lowest BCUT2D eigenvalue weighted by molar-refractivity contribution is 0.0955. The van der Waals surface area contributed by atoms with Crippen LogP contribution in [0.3, 0.4) is 0 Å². The molecule has 1 heterocycles. The number of hydrogen-bond donors (Lipinski definition) is 1. The second kappa shape index (κ2) is 11.5. The smallest absolute Gasteiger partial charge is 0.271 e. The van der Waals surface area contributed by atoms with Gasteiger partial charge < -0.3 is 4.57 Å². The second-order valence-corrected chi connectivity index (χ2v) is 11.9. The molecule has 1 amide bonds. The minimum Gasteiger partial charge on any atom is -0.317 e. The first-order valence-electron chi connectivity index (χ1n) is 12.4. The molecule has 4 rings (SSSR count). The van der Waals surface area contributed by atoms with Gasteiger partial charge in [0.15, 0.2) is 0 Å². The van der Waals surface area contributed by atoms with Crippen molar-refractivity contribution in [1.82, 2.24) is 9.99 Å². The summed E-state index contributed by atoms with van der Waals surface area (Å²) >= 11 is 5.94. The summed E-state index contributed by atoms with van der Waals surface area (Å²) in [5.41, 5.74) is 10.7. The lowest BCUT2D eigenvalue weighted by Crippen LogP contribution is -2.29. The Kier molecular flexibility index (Phi) is 8.28. The standard InChI is InChI=1S/C30H31ClN4O3S/c1-20-7-6-8-21(2)29(20)35-22(3)17-26(23(35)4)18-32-33-30(36)25-11-15-28(16-12-25)34(39(5,37)38)19-24-9-13-27(31)14-10-24/h6-18H,19H2,1-5H3,(H,33,36)/b32-18+. The van der Waals surface area contributed by atoms with Crippen LogP contribution in [0.4, 0.5) is 5.69 Å². The molecule has 7 nitrogen and oxygen atoms in total. The summed E-state index contributed by atoms with van der Waals surface area (Å²) in [7, 11) is -3.56. The molecule has 1 N–H and O–H groups in total. The van der Waals surface area contributed by atoms with E-state index in [0.29, 0.717) is 16.3 Å². The van der Waals surface area contributed by atoms with Crippen molar-refractivity contribution in [2.45, 2.75) is 34.2 Å². The Balaban J connectivity index is 1.48. The summed E-state index contributed by atoms with van der Waals surface area (Å²) in [6, 6.07) is 21.6. The monoisotopic (exact) mass is 562 g/mol. The minimum absolute atomic E-state index is 0.145. The fourth-order valence-corrected chi connectivity index (χ4v) is 5.59. The lowest BCUT2D eigenvalue weighted by Gasteiger charge is -2.22. The van der Waals surface area contributed by atoms with Crippen LogP contribution in [-0.4, -0.2) is 31.4 Å². The Morgan fingerprint density at radius 3 is 2.18 bits per heavy atom. The number of sulfonamides is 1. The highest BCUT2D eigenvalue weighted by atomic mass is 35.5. The van der Waals surface area contributed by atoms with E-state index in [1.807, 2.05) is 26.0 Å². The molecular weight excluding hydrogens is 532 g/mol. The van der Waals surface area contributed by atoms with E-state index >= 15 is 0 Å². The first-order valence-corrected chi connectivity index (χ1v) is 14.6. The quantitative estimate of drug-likeness (QED) is 0.208. The number of hydrazone groups is 1. The molecule has 9 heteroatoms. The number of carbonyl (C=O) groups is 1. The number of nitrogens with zero attached hydrogens (tertiary/aromatic N) is 3. The predicted molar refractivity (Wildman–Crippen MR) is 159 cm³/mol. The highest BCUT2D eigenvalue weighted by Crippen LogP contribution is 2.26. The van der Waals surface area contributed by atoms with Crippen molar-refractivity contribution in [2.24, 2.45) is 5.10 Å². The van der Waals surface area contributed by atoms with Gasteiger partial charge in [-0.15, -0.1) is 0 Å². The molecule has 4 aromatic rings. The molecule has 0 aliphatic carbocycles. The molecule has 0 unspecified atom stereocenters. The summed E-state index contributed by atoms with van der Waals surface area (Å²) in [4.78, 5) is 12.7. The van der Waals surface area contributed by atoms with Gasteiger partial charge in [-0.1, -0.05) is 41.9 Å². The van der Waals surface area contributed by atoms with E-state index in [2.05, 4.69) is 41.1 Å². The van der Waals surface area contributed by atoms with Gasteiger partial charge in [0.25, 0.3) is 5.91 Å². The molecule has 0 saturated heterocycles. The lowest BCUT2D eigenvalue weighted by atomic mass is 10.1. The van der Waals surface area contributed by atoms with Crippen molar-refractivity contribution in [3.8, 4) is 5.69 Å². The van der Waals surface area contributed by atoms with Crippen molar-refractivity contribution in [2.75, 3.05) is 10.6 Å². The number of halogens is 1. The number of nitrogens with one attached hydrogen (secondary N) is 1. The van der Waals surface area contributed by atoms with E-state index in [-0.39, 0.29) is 6.54 Å². The molecule has 202 valence electrons. The zero-order valence-corrected chi connectivity index (χ0v) is 24.1. The SMILES string of the molecule is Cc1cccc(C)c1-n1c(C)cc(/C=N/NC(=O)c2ccc(N(Cc3ccc(Cl)cc3)S(C)(=O)=O)cc2)c1C. The number of hydrogen-bond acceptors (Lipinski definition) is 4. The summed E-state index contributed by atoms with van der Waals surface area (Å²) in [6.45, 7) is 8.40. The summed E-state index contributed by atoms with van der Waals surface area (Å²) in [5, 5.41) is 4.75. The largest absolute Gasteiger partial charge is 0.317 e. The molecule has 0 fully saturated rings. The number of aromatic nitrogens is 1. The fourth-order valence-electron chi connectivity index (χ4n) is 4.58. The average molecular weight is 563 g/mol. The third kappa shape index (κ3) is 6.41. The van der Waals surface area contributed by atoms with Crippen molar-refractivity contribution >= 4 is 39.4 Å². The zero-order chi connectivity index (χ0) is 28.3. The van der Waals surface area contributed by atoms with Gasteiger partial charge in [0.05, 0.1) is 30.4 Å². The second-order valence-electron chi connectivity index (χ2n) is 9.54. The van der Waals surface area contributed by atoms with Crippen LogP contribution in [-0.2, 0) is 16.6 Å². The van der Waals surface area contributed by atoms with E-state index in [1.54, 1.807) is 54.7 Å². The van der Waals surface area contributed by atoms with Crippen LogP contribution < -0.4 is 9.73 Å². The Labute approximate surface area is 234 Å². The first-order chi connectivity index (χ1) is 18.5. The number of para-hydroxylation sites is 1. The number of anilines is 1. The first kappa shape index (κ1) is 28.1. The van der Waals surface area contributed by atoms with Gasteiger partial charge in [-0.05, 0) is 86.8 Å². The fraction of sp³-hybridized carbons (Fsp3) is 0.200. The maximum Gasteiger partial charge on any atom is 0.271 e. The van der Waals surface area contributed by atoms with Crippen LogP contribution in [0.2, 0.25) is 5.02 Å². The maximum absolute atomic E-state index is 12.7. The van der Waals surface area contributed by atoms with E-state index in [4.69, 9.17) is 11.6 Å². The Hall–Kier alpha value is -3.88. The molecule has 1 aromatic heterocycles. The number of amides is 1. The van der Waals surface area contributed by atoms with Crippen molar-refractivity contribution < 1.29 is 13.2 Å². The van der Waals surface area contributed by atoms with Gasteiger partial charge in [0, 0.05) is 27.5 Å². The van der Waals surface area contributed by atoms with Crippen molar-refractivity contribution in [3.05, 3.63) is 117 Å². The highest BCUT2D eigenvalue weighted by Gasteiger charge is 2.19. The summed E-state index contributed by atoms with van der Waals surface area (Å²) in [6.07, 6.45) is 2.78. The predicted octanol–water partition coefficient (Wildman–Crippen LogP) is 6.09. The molecule has 0 aliphatic rings. The van der Waals surface area contributed by atoms with Crippen LogP contribution in [0.25, 0.3) is 5.69 Å². The van der Waals surface area contributed by atoms with Crippen LogP contribution in [0, 0.1) is 27.7 Å². The van der Waals surface area contributed by atoms with Gasteiger partial charge in [-0.25, -0.2) is 13.8 Å². The molecular formula is C30H31ClN4O3S. The molecule has 3 aromatic carbocycles. The van der Waals surface area contributed by atoms with Crippen LogP contribution in [0.1, 0.15) is 44.0 Å². The summed E-state index contributed by atoms with van der Waals surface area (Å²) in [5.74, 6) is -0.398. The molecule has 0 bridgehead atoms. The van der Waals surface area contributed by atoms with Crippen molar-refractivity contribution in [1.29, 1.82) is 0 Å². The number of aryl methyl sites for hydroxylation is 3. The third-order valence-corrected chi connectivity index (χ3v) is 7.95. The van der Waals surface area contributed by atoms with Gasteiger partial charge in [-0.3, -0.25) is 9.10 Å². The van der Waals surface area contributed by atoms with Gasteiger partial charge >= 0.3 is 0 Å². The van der Waals surface area contributed by atoms with E-state index < -0.39 is 15.9 Å². The topological polar surface area (TPSA) is 83.8 Å². The highest BCUT2D eigenvalue weighted by molar-refractivity contribution is 7.92. The average Bonchev–Trinajstić information content (AvgIpc) is 3.15. The molecule has 0 atom stereocenters. The summed E-state index contributed by atoms with van der Waals surface area (Å²) < 4.78 is 28.4. The van der Waals surface area contributed by atoms with Crippen LogP contribution >= 0.6 is 11.6 Å².